The van der Waals surface area contributed by atoms with E-state index < -0.39 is 0 Å². The summed E-state index contributed by atoms with van der Waals surface area (Å²) in [5.74, 6) is 1.30. The van der Waals surface area contributed by atoms with Crippen molar-refractivity contribution in [3.8, 4) is 39.5 Å². The number of hydrogen-bond acceptors (Lipinski definition) is 3. The summed E-state index contributed by atoms with van der Waals surface area (Å²) < 4.78 is 12.9. The third kappa shape index (κ3) is 7.88. The predicted molar refractivity (Wildman–Crippen MR) is 231 cm³/mol. The van der Waals surface area contributed by atoms with Crippen molar-refractivity contribution in [3.05, 3.63) is 125 Å². The van der Waals surface area contributed by atoms with Crippen LogP contribution < -0.4 is 9.47 Å². The number of aromatic hydroxyl groups is 1. The van der Waals surface area contributed by atoms with Gasteiger partial charge in [-0.3, -0.25) is 0 Å². The van der Waals surface area contributed by atoms with Crippen LogP contribution in [0.4, 0.5) is 0 Å². The van der Waals surface area contributed by atoms with E-state index in [0.717, 1.165) is 49.5 Å². The van der Waals surface area contributed by atoms with Gasteiger partial charge in [-0.2, -0.15) is 0 Å². The molecule has 0 spiro atoms. The first-order valence-corrected chi connectivity index (χ1v) is 19.5. The molecule has 0 saturated heterocycles. The van der Waals surface area contributed by atoms with Gasteiger partial charge in [-0.1, -0.05) is 156 Å². The van der Waals surface area contributed by atoms with Crippen LogP contribution in [-0.4, -0.2) is 11.7 Å². The molecule has 6 aromatic carbocycles. The number of fused-ring (bicyclic) bond motifs is 2. The summed E-state index contributed by atoms with van der Waals surface area (Å²) in [5.41, 5.74) is 10.00. The molecule has 0 bridgehead atoms. The smallest absolute Gasteiger partial charge is 0.166 e. The lowest BCUT2D eigenvalue weighted by Gasteiger charge is -2.31. The summed E-state index contributed by atoms with van der Waals surface area (Å²) in [5, 5.41) is 16.5. The van der Waals surface area contributed by atoms with Gasteiger partial charge in [0.05, 0.1) is 6.61 Å². The summed E-state index contributed by atoms with van der Waals surface area (Å²) in [6, 6.07) is 34.7. The van der Waals surface area contributed by atoms with Gasteiger partial charge < -0.3 is 14.6 Å². The van der Waals surface area contributed by atoms with Crippen LogP contribution in [0.1, 0.15) is 118 Å². The first kappa shape index (κ1) is 38.9. The van der Waals surface area contributed by atoms with Gasteiger partial charge in [0.25, 0.3) is 0 Å². The molecule has 1 N–H and O–H groups in total. The fourth-order valence-corrected chi connectivity index (χ4v) is 7.44. The molecular formula is C51H60O3. The van der Waals surface area contributed by atoms with Crippen molar-refractivity contribution in [3.63, 3.8) is 0 Å². The maximum Gasteiger partial charge on any atom is 0.166 e. The van der Waals surface area contributed by atoms with Gasteiger partial charge in [0.2, 0.25) is 0 Å². The third-order valence-corrected chi connectivity index (χ3v) is 10.6. The van der Waals surface area contributed by atoms with Crippen LogP contribution in [0.3, 0.4) is 0 Å². The van der Waals surface area contributed by atoms with Crippen molar-refractivity contribution in [2.75, 3.05) is 6.61 Å². The Kier molecular flexibility index (Phi) is 10.2. The predicted octanol–water partition coefficient (Wildman–Crippen LogP) is 14.2. The molecule has 0 aromatic heterocycles. The van der Waals surface area contributed by atoms with E-state index in [-0.39, 0.29) is 27.4 Å². The topological polar surface area (TPSA) is 38.7 Å². The first-order chi connectivity index (χ1) is 25.2. The lowest BCUT2D eigenvalue weighted by molar-refractivity contribution is 0.290. The molecule has 0 aliphatic heterocycles. The van der Waals surface area contributed by atoms with E-state index in [1.165, 1.54) is 27.8 Å². The largest absolute Gasteiger partial charge is 0.504 e. The second kappa shape index (κ2) is 14.1. The summed E-state index contributed by atoms with van der Waals surface area (Å²) in [4.78, 5) is 0. The first-order valence-electron chi connectivity index (χ1n) is 19.5. The monoisotopic (exact) mass is 720 g/mol. The summed E-state index contributed by atoms with van der Waals surface area (Å²) in [6.45, 7) is 30.2. The minimum absolute atomic E-state index is 0.0113. The molecule has 0 atom stereocenters. The van der Waals surface area contributed by atoms with Gasteiger partial charge in [0.15, 0.2) is 11.5 Å². The van der Waals surface area contributed by atoms with E-state index in [2.05, 4.69) is 144 Å². The highest BCUT2D eigenvalue weighted by Crippen LogP contribution is 2.51. The van der Waals surface area contributed by atoms with Crippen molar-refractivity contribution in [1.29, 1.82) is 0 Å². The zero-order valence-electron chi connectivity index (χ0n) is 34.9. The Labute approximate surface area is 324 Å². The van der Waals surface area contributed by atoms with E-state index >= 15 is 0 Å². The molecule has 0 heterocycles. The Hall–Kier alpha value is -4.76. The van der Waals surface area contributed by atoms with Crippen LogP contribution >= 0.6 is 0 Å². The van der Waals surface area contributed by atoms with Gasteiger partial charge in [0.1, 0.15) is 12.4 Å². The zero-order valence-corrected chi connectivity index (χ0v) is 34.9. The Morgan fingerprint density at radius 2 is 1.09 bits per heavy atom. The molecule has 0 unspecified atom stereocenters. The van der Waals surface area contributed by atoms with Crippen molar-refractivity contribution in [2.24, 2.45) is 0 Å². The molecule has 0 amide bonds. The maximum atomic E-state index is 12.5. The molecule has 3 nitrogen and oxygen atoms in total. The molecule has 6 rings (SSSR count). The SMILES string of the molecule is CCOc1ccc2cc(-c3cc(C(C)(C)C)cc(C(C)(C)C)c3)ccc2c1-c1c(O)c(OCc2ccccc2)cc2cc(C(C)(C)C)c(C(C)(C)C)cc12. The van der Waals surface area contributed by atoms with Crippen molar-refractivity contribution < 1.29 is 14.6 Å². The standard InChI is InChI=1S/C51H60O3/c1-14-53-43-23-21-34-24-33(35-25-37(48(2,3)4)29-38(26-35)49(5,6)7)20-22-39(34)45(43)46-40-30-42(51(11,12)13)41(50(8,9)10)27-36(40)28-44(47(46)52)54-31-32-18-16-15-17-19-32/h15-30,52H,14,31H2,1-13H3. The molecule has 0 fully saturated rings. The average Bonchev–Trinajstić information content (AvgIpc) is 3.09. The summed E-state index contributed by atoms with van der Waals surface area (Å²) in [6.07, 6.45) is 0. The molecule has 0 aliphatic rings. The fraction of sp³-hybridized carbons (Fsp3) is 0.373. The molecule has 6 aromatic rings. The highest BCUT2D eigenvalue weighted by atomic mass is 16.5. The number of ether oxygens (including phenoxy) is 2. The van der Waals surface area contributed by atoms with Gasteiger partial charge in [-0.15, -0.1) is 0 Å². The molecular weight excluding hydrogens is 661 g/mol. The van der Waals surface area contributed by atoms with Crippen molar-refractivity contribution in [1.82, 2.24) is 0 Å². The van der Waals surface area contributed by atoms with Crippen molar-refractivity contribution >= 4 is 21.5 Å². The zero-order chi connectivity index (χ0) is 39.4. The molecule has 3 heteroatoms. The Morgan fingerprint density at radius 3 is 1.67 bits per heavy atom. The molecule has 0 saturated carbocycles. The van der Waals surface area contributed by atoms with Gasteiger partial charge >= 0.3 is 0 Å². The second-order valence-corrected chi connectivity index (χ2v) is 19.1. The van der Waals surface area contributed by atoms with E-state index in [1.54, 1.807) is 0 Å². The Balaban J connectivity index is 1.66. The number of phenols is 1. The van der Waals surface area contributed by atoms with Crippen LogP contribution in [0, 0.1) is 0 Å². The van der Waals surface area contributed by atoms with E-state index in [0.29, 0.717) is 19.0 Å². The van der Waals surface area contributed by atoms with E-state index in [1.807, 2.05) is 43.3 Å². The number of phenolic OH excluding ortho intramolecular Hbond substituents is 1. The lowest BCUT2D eigenvalue weighted by Crippen LogP contribution is -2.22. The maximum absolute atomic E-state index is 12.5. The highest BCUT2D eigenvalue weighted by Gasteiger charge is 2.29. The fourth-order valence-electron chi connectivity index (χ4n) is 7.44. The Morgan fingerprint density at radius 1 is 0.481 bits per heavy atom. The van der Waals surface area contributed by atoms with Crippen LogP contribution in [0.2, 0.25) is 0 Å². The van der Waals surface area contributed by atoms with Gasteiger partial charge in [-0.25, -0.2) is 0 Å². The van der Waals surface area contributed by atoms with Crippen molar-refractivity contribution in [2.45, 2.75) is 118 Å². The summed E-state index contributed by atoms with van der Waals surface area (Å²) >= 11 is 0. The quantitative estimate of drug-likeness (QED) is 0.178. The summed E-state index contributed by atoms with van der Waals surface area (Å²) in [7, 11) is 0. The molecule has 282 valence electrons. The second-order valence-electron chi connectivity index (χ2n) is 19.1. The highest BCUT2D eigenvalue weighted by molar-refractivity contribution is 6.11. The minimum Gasteiger partial charge on any atom is -0.504 e. The van der Waals surface area contributed by atoms with Crippen LogP contribution in [0.25, 0.3) is 43.8 Å². The number of hydrogen-bond donors (Lipinski definition) is 1. The number of benzene rings is 6. The van der Waals surface area contributed by atoms with Crippen LogP contribution in [0.5, 0.6) is 17.2 Å². The van der Waals surface area contributed by atoms with Crippen LogP contribution in [0.15, 0.2) is 97.1 Å². The normalized spacial score (nSPS) is 12.8. The van der Waals surface area contributed by atoms with E-state index in [4.69, 9.17) is 9.47 Å². The molecule has 54 heavy (non-hydrogen) atoms. The number of rotatable bonds is 7. The lowest BCUT2D eigenvalue weighted by atomic mass is 9.73. The van der Waals surface area contributed by atoms with Gasteiger partial charge in [-0.05, 0) is 113 Å². The van der Waals surface area contributed by atoms with Crippen LogP contribution in [-0.2, 0) is 28.3 Å². The van der Waals surface area contributed by atoms with E-state index in [9.17, 15) is 5.11 Å². The van der Waals surface area contributed by atoms with Gasteiger partial charge in [0, 0.05) is 11.1 Å². The Bertz CT molecular complexity index is 2290. The average molecular weight is 721 g/mol. The third-order valence-electron chi connectivity index (χ3n) is 10.6. The minimum atomic E-state index is -0.129. The molecule has 0 radical (unpaired) electrons. The molecule has 0 aliphatic carbocycles.